The minimum Gasteiger partial charge on any atom is -0.489 e. The van der Waals surface area contributed by atoms with E-state index in [-0.39, 0.29) is 33.5 Å². The van der Waals surface area contributed by atoms with Crippen LogP contribution in [-0.4, -0.2) is 5.97 Å². The number of rotatable bonds is 6. The predicted octanol–water partition coefficient (Wildman–Crippen LogP) is 7.15. The van der Waals surface area contributed by atoms with Gasteiger partial charge in [0.2, 0.25) is 5.88 Å². The summed E-state index contributed by atoms with van der Waals surface area (Å²) >= 11 is 12.2. The summed E-state index contributed by atoms with van der Waals surface area (Å²) in [5.74, 6) is -1.30. The van der Waals surface area contributed by atoms with Crippen molar-refractivity contribution in [2.45, 2.75) is 12.5 Å². The van der Waals surface area contributed by atoms with Gasteiger partial charge in [0.25, 0.3) is 0 Å². The second-order valence-corrected chi connectivity index (χ2v) is 9.43. The Kier molecular flexibility index (Phi) is 7.42. The molecule has 0 spiro atoms. The monoisotopic (exact) mass is 560 g/mol. The highest BCUT2D eigenvalue weighted by atomic mass is 35.5. The summed E-state index contributed by atoms with van der Waals surface area (Å²) in [4.78, 5) is 12.8. The second-order valence-electron chi connectivity index (χ2n) is 8.59. The fourth-order valence-corrected chi connectivity index (χ4v) is 4.58. The number of carbonyl (C=O) groups excluding carboxylic acids is 1. The van der Waals surface area contributed by atoms with Gasteiger partial charge in [0, 0.05) is 27.2 Å². The molecule has 0 aliphatic carbocycles. The fraction of sp³-hybridized carbons (Fsp3) is 0.0667. The molecular weight excluding hydrogens is 542 g/mol. The van der Waals surface area contributed by atoms with Gasteiger partial charge in [-0.2, -0.15) is 5.26 Å². The number of nitrogens with zero attached hydrogens (tertiary/aromatic N) is 1. The van der Waals surface area contributed by atoms with E-state index >= 15 is 0 Å². The zero-order valence-electron chi connectivity index (χ0n) is 20.2. The predicted molar refractivity (Wildman–Crippen MR) is 144 cm³/mol. The Morgan fingerprint density at radius 3 is 2.41 bits per heavy atom. The van der Waals surface area contributed by atoms with E-state index in [0.29, 0.717) is 28.5 Å². The van der Waals surface area contributed by atoms with Crippen LogP contribution in [-0.2, 0) is 6.61 Å². The topological polar surface area (TPSA) is 94.6 Å². The van der Waals surface area contributed by atoms with Crippen molar-refractivity contribution in [3.05, 3.63) is 135 Å². The molecule has 1 aliphatic rings. The van der Waals surface area contributed by atoms with Gasteiger partial charge in [-0.1, -0.05) is 47.5 Å². The van der Waals surface area contributed by atoms with Crippen molar-refractivity contribution >= 4 is 29.2 Å². The van der Waals surface area contributed by atoms with Gasteiger partial charge in [-0.15, -0.1) is 0 Å². The minimum atomic E-state index is -0.891. The lowest BCUT2D eigenvalue weighted by molar-refractivity contribution is 0.0734. The van der Waals surface area contributed by atoms with Crippen LogP contribution in [0, 0.1) is 17.1 Å². The maximum absolute atomic E-state index is 14.8. The third-order valence-corrected chi connectivity index (χ3v) is 6.68. The van der Waals surface area contributed by atoms with Gasteiger partial charge in [0.05, 0.1) is 11.5 Å². The van der Waals surface area contributed by atoms with E-state index in [9.17, 15) is 14.4 Å². The molecule has 0 aromatic heterocycles. The molecule has 5 rings (SSSR count). The Morgan fingerprint density at radius 2 is 1.72 bits per heavy atom. The SMILES string of the molecule is N#CC1=C(N)Oc2cc(OC(=O)c3ccc(OCc4ccc(Cl)cc4)cc3)ccc2C1c1c(F)cccc1Cl. The lowest BCUT2D eigenvalue weighted by Gasteiger charge is -2.27. The molecule has 0 fully saturated rings. The van der Waals surface area contributed by atoms with Gasteiger partial charge in [-0.25, -0.2) is 9.18 Å². The van der Waals surface area contributed by atoms with Crippen LogP contribution < -0.4 is 19.9 Å². The maximum atomic E-state index is 14.8. The average Bonchev–Trinajstić information content (AvgIpc) is 2.92. The highest BCUT2D eigenvalue weighted by Gasteiger charge is 2.34. The first-order chi connectivity index (χ1) is 18.8. The van der Waals surface area contributed by atoms with Crippen LogP contribution in [0.15, 0.2) is 96.4 Å². The van der Waals surface area contributed by atoms with Gasteiger partial charge in [-0.05, 0) is 60.2 Å². The Hall–Kier alpha value is -4.51. The molecule has 1 unspecified atom stereocenters. The highest BCUT2D eigenvalue weighted by molar-refractivity contribution is 6.31. The lowest BCUT2D eigenvalue weighted by atomic mass is 9.83. The molecule has 4 aromatic carbocycles. The van der Waals surface area contributed by atoms with E-state index in [1.165, 1.54) is 30.3 Å². The van der Waals surface area contributed by atoms with Crippen molar-refractivity contribution in [1.29, 1.82) is 5.26 Å². The summed E-state index contributed by atoms with van der Waals surface area (Å²) in [6.07, 6.45) is 0. The molecule has 0 radical (unpaired) electrons. The number of hydrogen-bond donors (Lipinski definition) is 1. The number of allylic oxidation sites excluding steroid dienone is 1. The van der Waals surface area contributed by atoms with Gasteiger partial charge in [0.15, 0.2) is 0 Å². The molecule has 0 saturated heterocycles. The first-order valence-electron chi connectivity index (χ1n) is 11.7. The van der Waals surface area contributed by atoms with Gasteiger partial charge >= 0.3 is 5.97 Å². The average molecular weight is 561 g/mol. The highest BCUT2D eigenvalue weighted by Crippen LogP contribution is 2.46. The summed E-state index contributed by atoms with van der Waals surface area (Å²) in [5, 5.41) is 10.5. The number of hydrogen-bond acceptors (Lipinski definition) is 6. The molecule has 39 heavy (non-hydrogen) atoms. The molecule has 194 valence electrons. The summed E-state index contributed by atoms with van der Waals surface area (Å²) in [5.41, 5.74) is 7.84. The minimum absolute atomic E-state index is 0.0256. The van der Waals surface area contributed by atoms with Gasteiger partial charge < -0.3 is 19.9 Å². The summed E-state index contributed by atoms with van der Waals surface area (Å²) in [7, 11) is 0. The molecule has 1 atom stereocenters. The van der Waals surface area contributed by atoms with Crippen LogP contribution in [0.1, 0.15) is 33.0 Å². The van der Waals surface area contributed by atoms with Crippen LogP contribution in [0.5, 0.6) is 17.2 Å². The van der Waals surface area contributed by atoms with Gasteiger partial charge in [0.1, 0.15) is 41.3 Å². The number of ether oxygens (including phenoxy) is 3. The molecule has 0 amide bonds. The first-order valence-corrected chi connectivity index (χ1v) is 12.4. The molecule has 0 bridgehead atoms. The van der Waals surface area contributed by atoms with Crippen molar-refractivity contribution in [3.8, 4) is 23.3 Å². The molecule has 9 heteroatoms. The quantitative estimate of drug-likeness (QED) is 0.199. The third kappa shape index (κ3) is 5.53. The van der Waals surface area contributed by atoms with Crippen LogP contribution in [0.2, 0.25) is 10.0 Å². The number of fused-ring (bicyclic) bond motifs is 1. The maximum Gasteiger partial charge on any atom is 0.343 e. The zero-order valence-corrected chi connectivity index (χ0v) is 21.7. The van der Waals surface area contributed by atoms with Crippen molar-refractivity contribution in [3.63, 3.8) is 0 Å². The molecule has 6 nitrogen and oxygen atoms in total. The normalized spacial score (nSPS) is 14.2. The van der Waals surface area contributed by atoms with Crippen molar-refractivity contribution in [2.24, 2.45) is 5.73 Å². The van der Waals surface area contributed by atoms with Crippen molar-refractivity contribution < 1.29 is 23.4 Å². The van der Waals surface area contributed by atoms with Gasteiger partial charge in [-0.3, -0.25) is 0 Å². The molecule has 1 heterocycles. The standard InChI is InChI=1S/C30H19Cl2FN2O4/c31-19-8-4-17(5-9-19)16-37-20-10-6-18(7-11-20)30(36)38-21-12-13-22-26(14-21)39-29(35)23(15-34)27(22)28-24(32)2-1-3-25(28)33/h1-14,27H,16,35H2. The number of nitriles is 1. The largest absolute Gasteiger partial charge is 0.489 e. The third-order valence-electron chi connectivity index (χ3n) is 6.10. The van der Waals surface area contributed by atoms with E-state index in [4.69, 9.17) is 43.1 Å². The van der Waals surface area contributed by atoms with Crippen LogP contribution in [0.4, 0.5) is 4.39 Å². The smallest absolute Gasteiger partial charge is 0.343 e. The van der Waals surface area contributed by atoms with E-state index in [0.717, 1.165) is 5.56 Å². The molecular formula is C30H19Cl2FN2O4. The number of carbonyl (C=O) groups is 1. The molecule has 1 aliphatic heterocycles. The number of esters is 1. The van der Waals surface area contributed by atoms with Crippen LogP contribution in [0.3, 0.4) is 0 Å². The summed E-state index contributed by atoms with van der Waals surface area (Å²) < 4.78 is 31.7. The van der Waals surface area contributed by atoms with E-state index in [1.54, 1.807) is 42.5 Å². The van der Waals surface area contributed by atoms with E-state index < -0.39 is 17.7 Å². The van der Waals surface area contributed by atoms with E-state index in [1.807, 2.05) is 18.2 Å². The Labute approximate surface area is 233 Å². The van der Waals surface area contributed by atoms with Crippen LogP contribution >= 0.6 is 23.2 Å². The van der Waals surface area contributed by atoms with Crippen molar-refractivity contribution in [2.75, 3.05) is 0 Å². The summed E-state index contributed by atoms with van der Waals surface area (Å²) in [6.45, 7) is 0.347. The fourth-order valence-electron chi connectivity index (χ4n) is 4.18. The first kappa shape index (κ1) is 26.1. The van der Waals surface area contributed by atoms with Crippen LogP contribution in [0.25, 0.3) is 0 Å². The number of halogens is 3. The molecule has 2 N–H and O–H groups in total. The Balaban J connectivity index is 1.33. The zero-order chi connectivity index (χ0) is 27.5. The second kappa shape index (κ2) is 11.1. The number of nitrogens with two attached hydrogens (primary N) is 1. The molecule has 4 aromatic rings. The lowest BCUT2D eigenvalue weighted by Crippen LogP contribution is -2.22. The number of benzene rings is 4. The Morgan fingerprint density at radius 1 is 1.00 bits per heavy atom. The molecule has 0 saturated carbocycles. The van der Waals surface area contributed by atoms with Crippen molar-refractivity contribution in [1.82, 2.24) is 0 Å². The summed E-state index contributed by atoms with van der Waals surface area (Å²) in [6, 6.07) is 24.6. The Bertz CT molecular complexity index is 1610. The van der Waals surface area contributed by atoms with E-state index in [2.05, 4.69) is 0 Å².